The second-order valence-electron chi connectivity index (χ2n) is 3.45. The van der Waals surface area contributed by atoms with Gasteiger partial charge in [-0.1, -0.05) is 5.16 Å². The minimum absolute atomic E-state index is 0. The van der Waals surface area contributed by atoms with E-state index in [1.54, 1.807) is 19.9 Å². The molecule has 3 N–H and O–H groups in total. The van der Waals surface area contributed by atoms with Gasteiger partial charge in [-0.15, -0.1) is 12.4 Å². The van der Waals surface area contributed by atoms with Crippen molar-refractivity contribution in [2.45, 2.75) is 25.6 Å². The Kier molecular flexibility index (Phi) is 5.95. The summed E-state index contributed by atoms with van der Waals surface area (Å²) in [6.45, 7) is 3.69. The lowest BCUT2D eigenvalue weighted by Crippen LogP contribution is -2.38. The molecule has 0 fully saturated rings. The molecule has 1 atom stereocenters. The Balaban J connectivity index is 0.00000225. The summed E-state index contributed by atoms with van der Waals surface area (Å²) in [7, 11) is -3.40. The third kappa shape index (κ3) is 4.93. The number of aromatic nitrogens is 1. The maximum absolute atomic E-state index is 11.5. The summed E-state index contributed by atoms with van der Waals surface area (Å²) < 4.78 is 30.3. The van der Waals surface area contributed by atoms with Gasteiger partial charge in [0, 0.05) is 18.7 Å². The molecule has 1 rings (SSSR count). The lowest BCUT2D eigenvalue weighted by molar-refractivity contribution is 0.388. The van der Waals surface area contributed by atoms with Crippen LogP contribution in [0.3, 0.4) is 0 Å². The molecule has 16 heavy (non-hydrogen) atoms. The van der Waals surface area contributed by atoms with Crippen molar-refractivity contribution >= 4 is 22.4 Å². The molecule has 1 aromatic rings. The van der Waals surface area contributed by atoms with Crippen molar-refractivity contribution in [3.8, 4) is 0 Å². The van der Waals surface area contributed by atoms with E-state index in [9.17, 15) is 8.42 Å². The van der Waals surface area contributed by atoms with Gasteiger partial charge in [0.1, 0.15) is 5.75 Å². The molecule has 0 radical (unpaired) electrons. The van der Waals surface area contributed by atoms with E-state index in [0.29, 0.717) is 11.5 Å². The number of nitrogens with two attached hydrogens (primary N) is 1. The first kappa shape index (κ1) is 15.4. The molecular weight excluding hydrogens is 254 g/mol. The zero-order chi connectivity index (χ0) is 11.5. The number of aryl methyl sites for hydroxylation is 1. The van der Waals surface area contributed by atoms with Crippen LogP contribution in [0.4, 0.5) is 0 Å². The van der Waals surface area contributed by atoms with Gasteiger partial charge in [-0.25, -0.2) is 13.1 Å². The number of nitrogens with one attached hydrogen (secondary N) is 1. The molecule has 0 amide bonds. The Hall–Kier alpha value is -0.630. The largest absolute Gasteiger partial charge is 0.360 e. The molecule has 0 aromatic carbocycles. The predicted molar refractivity (Wildman–Crippen MR) is 62.8 cm³/mol. The molecule has 1 heterocycles. The SMILES string of the molecule is Cc1cc(CS(=O)(=O)N[C@H](C)CN)on1.Cl. The third-order valence-corrected chi connectivity index (χ3v) is 3.17. The van der Waals surface area contributed by atoms with Gasteiger partial charge in [0.25, 0.3) is 0 Å². The first-order valence-electron chi connectivity index (χ1n) is 4.55. The molecule has 0 aliphatic heterocycles. The van der Waals surface area contributed by atoms with Crippen molar-refractivity contribution in [1.82, 2.24) is 9.88 Å². The summed E-state index contributed by atoms with van der Waals surface area (Å²) in [5, 5.41) is 3.61. The van der Waals surface area contributed by atoms with Crippen LogP contribution < -0.4 is 10.5 Å². The smallest absolute Gasteiger partial charge is 0.219 e. The second-order valence-corrected chi connectivity index (χ2v) is 5.20. The highest BCUT2D eigenvalue weighted by Gasteiger charge is 2.16. The minimum Gasteiger partial charge on any atom is -0.360 e. The highest BCUT2D eigenvalue weighted by Crippen LogP contribution is 2.06. The van der Waals surface area contributed by atoms with Crippen LogP contribution >= 0.6 is 12.4 Å². The highest BCUT2D eigenvalue weighted by atomic mass is 35.5. The number of halogens is 1. The van der Waals surface area contributed by atoms with Gasteiger partial charge < -0.3 is 10.3 Å². The van der Waals surface area contributed by atoms with Gasteiger partial charge in [-0.2, -0.15) is 0 Å². The number of hydrogen-bond acceptors (Lipinski definition) is 5. The monoisotopic (exact) mass is 269 g/mol. The van der Waals surface area contributed by atoms with Gasteiger partial charge in [0.15, 0.2) is 5.76 Å². The zero-order valence-corrected chi connectivity index (χ0v) is 10.8. The number of hydrogen-bond donors (Lipinski definition) is 2. The van der Waals surface area contributed by atoms with Gasteiger partial charge >= 0.3 is 0 Å². The first-order valence-corrected chi connectivity index (χ1v) is 6.20. The molecular formula is C8H16ClN3O3S. The molecule has 0 aliphatic rings. The molecule has 94 valence electrons. The Morgan fingerprint density at radius 1 is 1.62 bits per heavy atom. The molecule has 0 unspecified atom stereocenters. The van der Waals surface area contributed by atoms with Crippen molar-refractivity contribution in [2.75, 3.05) is 6.54 Å². The van der Waals surface area contributed by atoms with Crippen molar-refractivity contribution in [3.63, 3.8) is 0 Å². The van der Waals surface area contributed by atoms with Gasteiger partial charge in [-0.05, 0) is 13.8 Å². The molecule has 0 bridgehead atoms. The summed E-state index contributed by atoms with van der Waals surface area (Å²) in [5.41, 5.74) is 5.97. The Morgan fingerprint density at radius 2 is 2.25 bits per heavy atom. The lowest BCUT2D eigenvalue weighted by Gasteiger charge is -2.10. The van der Waals surface area contributed by atoms with Crippen LogP contribution in [0, 0.1) is 6.92 Å². The maximum atomic E-state index is 11.5. The summed E-state index contributed by atoms with van der Waals surface area (Å²) in [6.07, 6.45) is 0. The molecule has 0 saturated heterocycles. The molecule has 1 aromatic heterocycles. The molecule has 6 nitrogen and oxygen atoms in total. The van der Waals surface area contributed by atoms with Crippen LogP contribution in [0.15, 0.2) is 10.6 Å². The van der Waals surface area contributed by atoms with E-state index in [1.807, 2.05) is 0 Å². The van der Waals surface area contributed by atoms with E-state index in [0.717, 1.165) is 0 Å². The fraction of sp³-hybridized carbons (Fsp3) is 0.625. The Labute approximate surface area is 101 Å². The van der Waals surface area contributed by atoms with E-state index in [1.165, 1.54) is 0 Å². The normalized spacial score (nSPS) is 13.2. The lowest BCUT2D eigenvalue weighted by atomic mass is 10.4. The van der Waals surface area contributed by atoms with Crippen LogP contribution in [-0.2, 0) is 15.8 Å². The van der Waals surface area contributed by atoms with Crippen molar-refractivity contribution < 1.29 is 12.9 Å². The van der Waals surface area contributed by atoms with Crippen LogP contribution in [0.1, 0.15) is 18.4 Å². The fourth-order valence-corrected chi connectivity index (χ4v) is 2.37. The van der Waals surface area contributed by atoms with E-state index in [2.05, 4.69) is 9.88 Å². The van der Waals surface area contributed by atoms with Crippen LogP contribution in [0.5, 0.6) is 0 Å². The third-order valence-electron chi connectivity index (χ3n) is 1.74. The zero-order valence-electron chi connectivity index (χ0n) is 9.13. The van der Waals surface area contributed by atoms with E-state index in [-0.39, 0.29) is 30.7 Å². The second kappa shape index (κ2) is 6.19. The molecule has 0 aliphatic carbocycles. The van der Waals surface area contributed by atoms with E-state index >= 15 is 0 Å². The van der Waals surface area contributed by atoms with E-state index in [4.69, 9.17) is 10.3 Å². The van der Waals surface area contributed by atoms with E-state index < -0.39 is 10.0 Å². The summed E-state index contributed by atoms with van der Waals surface area (Å²) >= 11 is 0. The van der Waals surface area contributed by atoms with Crippen LogP contribution in [0.25, 0.3) is 0 Å². The molecule has 8 heteroatoms. The molecule has 0 saturated carbocycles. The molecule has 0 spiro atoms. The van der Waals surface area contributed by atoms with Crippen molar-refractivity contribution in [3.05, 3.63) is 17.5 Å². The summed E-state index contributed by atoms with van der Waals surface area (Å²) in [4.78, 5) is 0. The van der Waals surface area contributed by atoms with Crippen LogP contribution in [0.2, 0.25) is 0 Å². The Bertz CT molecular complexity index is 418. The van der Waals surface area contributed by atoms with Crippen molar-refractivity contribution in [1.29, 1.82) is 0 Å². The minimum atomic E-state index is -3.40. The highest BCUT2D eigenvalue weighted by molar-refractivity contribution is 7.88. The Morgan fingerprint density at radius 3 is 2.69 bits per heavy atom. The van der Waals surface area contributed by atoms with Gasteiger partial charge in [0.2, 0.25) is 10.0 Å². The summed E-state index contributed by atoms with van der Waals surface area (Å²) in [6, 6.07) is 1.31. The fourth-order valence-electron chi connectivity index (χ4n) is 1.07. The first-order chi connectivity index (χ1) is 6.93. The average Bonchev–Trinajstić information content (AvgIpc) is 2.49. The van der Waals surface area contributed by atoms with Crippen molar-refractivity contribution in [2.24, 2.45) is 5.73 Å². The topological polar surface area (TPSA) is 98.2 Å². The summed E-state index contributed by atoms with van der Waals surface area (Å²) in [5.74, 6) is 0.113. The number of sulfonamides is 1. The van der Waals surface area contributed by atoms with Gasteiger partial charge in [0.05, 0.1) is 5.69 Å². The quantitative estimate of drug-likeness (QED) is 0.794. The van der Waals surface area contributed by atoms with Crippen LogP contribution in [-0.4, -0.2) is 26.2 Å². The number of nitrogens with zero attached hydrogens (tertiary/aromatic N) is 1. The average molecular weight is 270 g/mol. The van der Waals surface area contributed by atoms with Gasteiger partial charge in [-0.3, -0.25) is 0 Å². The maximum Gasteiger partial charge on any atom is 0.219 e. The number of rotatable bonds is 5. The predicted octanol–water partition coefficient (Wildman–Crippen LogP) is 0.171. The standard InChI is InChI=1S/C8H15N3O3S.ClH/c1-6-3-8(14-10-6)5-15(12,13)11-7(2)4-9;/h3,7,11H,4-5,9H2,1-2H3;1H/t7-;/m1./s1.